The van der Waals surface area contributed by atoms with Crippen molar-refractivity contribution in [2.75, 3.05) is 17.2 Å². The highest BCUT2D eigenvalue weighted by Crippen LogP contribution is 2.38. The summed E-state index contributed by atoms with van der Waals surface area (Å²) in [6.45, 7) is 8.02. The zero-order valence-corrected chi connectivity index (χ0v) is 13.9. The molecule has 0 atom stereocenters. The molecule has 118 valence electrons. The summed E-state index contributed by atoms with van der Waals surface area (Å²) in [6, 6.07) is 3.66. The van der Waals surface area contributed by atoms with Gasteiger partial charge in [0.2, 0.25) is 0 Å². The Labute approximate surface area is 135 Å². The van der Waals surface area contributed by atoms with Gasteiger partial charge in [0.15, 0.2) is 5.89 Å². The van der Waals surface area contributed by atoms with Crippen LogP contribution in [-0.2, 0) is 18.5 Å². The van der Waals surface area contributed by atoms with Crippen LogP contribution in [0.4, 0.5) is 11.4 Å². The van der Waals surface area contributed by atoms with Crippen LogP contribution in [0.15, 0.2) is 16.5 Å². The largest absolute Gasteiger partial charge is 0.444 e. The summed E-state index contributed by atoms with van der Waals surface area (Å²) in [5, 5.41) is 0.613. The maximum atomic E-state index is 6.19. The molecule has 22 heavy (non-hydrogen) atoms. The second-order valence-corrected chi connectivity index (χ2v) is 6.88. The molecule has 1 aromatic carbocycles. The Morgan fingerprint density at radius 3 is 2.82 bits per heavy atom. The SMILES string of the molecule is Cc1nc2c(o1)CN(c1cc(Cl)cc(N)c1CN)CC2(C)C. The summed E-state index contributed by atoms with van der Waals surface area (Å²) in [5.41, 5.74) is 15.4. The fourth-order valence-electron chi connectivity index (χ4n) is 3.20. The van der Waals surface area contributed by atoms with Crippen molar-refractivity contribution < 1.29 is 4.42 Å². The van der Waals surface area contributed by atoms with E-state index < -0.39 is 0 Å². The van der Waals surface area contributed by atoms with Crippen molar-refractivity contribution in [1.29, 1.82) is 0 Å². The van der Waals surface area contributed by atoms with Crippen LogP contribution in [0.2, 0.25) is 5.02 Å². The van der Waals surface area contributed by atoms with Crippen LogP contribution < -0.4 is 16.4 Å². The first-order valence-electron chi connectivity index (χ1n) is 7.31. The molecular weight excluding hydrogens is 300 g/mol. The topological polar surface area (TPSA) is 81.3 Å². The minimum absolute atomic E-state index is 0.117. The number of oxazole rings is 1. The Balaban J connectivity index is 2.08. The minimum Gasteiger partial charge on any atom is -0.444 e. The van der Waals surface area contributed by atoms with Gasteiger partial charge >= 0.3 is 0 Å². The van der Waals surface area contributed by atoms with Gasteiger partial charge in [0.1, 0.15) is 5.76 Å². The molecule has 6 heteroatoms. The van der Waals surface area contributed by atoms with Gasteiger partial charge in [-0.05, 0) is 12.1 Å². The van der Waals surface area contributed by atoms with Crippen LogP contribution in [0, 0.1) is 6.92 Å². The van der Waals surface area contributed by atoms with Crippen LogP contribution >= 0.6 is 11.6 Å². The molecule has 1 aromatic heterocycles. The third-order valence-corrected chi connectivity index (χ3v) is 4.35. The number of fused-ring (bicyclic) bond motifs is 1. The first-order valence-corrected chi connectivity index (χ1v) is 7.69. The number of hydrogen-bond acceptors (Lipinski definition) is 5. The van der Waals surface area contributed by atoms with E-state index in [0.29, 0.717) is 29.7 Å². The van der Waals surface area contributed by atoms with Gasteiger partial charge in [-0.1, -0.05) is 25.4 Å². The molecule has 2 heterocycles. The summed E-state index contributed by atoms with van der Waals surface area (Å²) in [7, 11) is 0. The number of aromatic nitrogens is 1. The molecule has 0 aliphatic carbocycles. The second kappa shape index (κ2) is 5.18. The number of nitrogens with two attached hydrogens (primary N) is 2. The smallest absolute Gasteiger partial charge is 0.191 e. The fraction of sp³-hybridized carbons (Fsp3) is 0.438. The molecule has 0 unspecified atom stereocenters. The summed E-state index contributed by atoms with van der Waals surface area (Å²) in [4.78, 5) is 6.76. The van der Waals surface area contributed by atoms with Gasteiger partial charge in [0, 0.05) is 47.4 Å². The molecule has 4 N–H and O–H groups in total. The van der Waals surface area contributed by atoms with Crippen molar-refractivity contribution >= 4 is 23.0 Å². The lowest BCUT2D eigenvalue weighted by molar-refractivity contribution is 0.409. The average molecular weight is 321 g/mol. The molecule has 0 bridgehead atoms. The zero-order valence-electron chi connectivity index (χ0n) is 13.1. The monoisotopic (exact) mass is 320 g/mol. The summed E-state index contributed by atoms with van der Waals surface area (Å²) < 4.78 is 5.78. The standard InChI is InChI=1S/C16H21ClN4O/c1-9-20-15-14(22-9)7-21(8-16(15,2)3)13-5-10(17)4-12(19)11(13)6-18/h4-5H,6-8,18-19H2,1-3H3. The maximum absolute atomic E-state index is 6.19. The van der Waals surface area contributed by atoms with Crippen molar-refractivity contribution in [3.05, 3.63) is 40.1 Å². The summed E-state index contributed by atoms with van der Waals surface area (Å²) >= 11 is 6.19. The number of aryl methyl sites for hydroxylation is 1. The lowest BCUT2D eigenvalue weighted by Crippen LogP contribution is -2.42. The summed E-state index contributed by atoms with van der Waals surface area (Å²) in [5.74, 6) is 1.60. The van der Waals surface area contributed by atoms with Crippen LogP contribution in [0.5, 0.6) is 0 Å². The van der Waals surface area contributed by atoms with Gasteiger partial charge in [-0.25, -0.2) is 4.98 Å². The number of halogens is 1. The Bertz CT molecular complexity index is 723. The molecule has 0 saturated carbocycles. The molecule has 1 aliphatic heterocycles. The van der Waals surface area contributed by atoms with E-state index in [4.69, 9.17) is 27.5 Å². The van der Waals surface area contributed by atoms with Crippen LogP contribution in [0.3, 0.4) is 0 Å². The van der Waals surface area contributed by atoms with E-state index >= 15 is 0 Å². The van der Waals surface area contributed by atoms with E-state index in [1.165, 1.54) is 0 Å². The molecule has 0 saturated heterocycles. The molecule has 5 nitrogen and oxygen atoms in total. The quantitative estimate of drug-likeness (QED) is 0.831. The average Bonchev–Trinajstić information content (AvgIpc) is 2.79. The predicted octanol–water partition coefficient (Wildman–Crippen LogP) is 2.98. The Morgan fingerprint density at radius 1 is 1.41 bits per heavy atom. The second-order valence-electron chi connectivity index (χ2n) is 6.44. The van der Waals surface area contributed by atoms with E-state index in [1.807, 2.05) is 13.0 Å². The lowest BCUT2D eigenvalue weighted by atomic mass is 9.84. The summed E-state index contributed by atoms with van der Waals surface area (Å²) in [6.07, 6.45) is 0. The van der Waals surface area contributed by atoms with Crippen LogP contribution in [0.25, 0.3) is 0 Å². The van der Waals surface area contributed by atoms with E-state index in [-0.39, 0.29) is 5.41 Å². The van der Waals surface area contributed by atoms with Crippen LogP contribution in [-0.4, -0.2) is 11.5 Å². The Hall–Kier alpha value is -1.72. The van der Waals surface area contributed by atoms with E-state index in [2.05, 4.69) is 23.7 Å². The molecule has 0 spiro atoms. The number of nitrogen functional groups attached to an aromatic ring is 1. The van der Waals surface area contributed by atoms with Crippen molar-refractivity contribution in [3.8, 4) is 0 Å². The van der Waals surface area contributed by atoms with E-state index in [9.17, 15) is 0 Å². The Kier molecular flexibility index (Phi) is 3.57. The van der Waals surface area contributed by atoms with Crippen LogP contribution in [0.1, 0.15) is 36.8 Å². The van der Waals surface area contributed by atoms with Crippen molar-refractivity contribution in [3.63, 3.8) is 0 Å². The van der Waals surface area contributed by atoms with Gasteiger partial charge in [0.25, 0.3) is 0 Å². The van der Waals surface area contributed by atoms with Gasteiger partial charge in [-0.3, -0.25) is 0 Å². The van der Waals surface area contributed by atoms with Gasteiger partial charge in [0.05, 0.1) is 12.2 Å². The third kappa shape index (κ3) is 2.44. The predicted molar refractivity (Wildman–Crippen MR) is 89.1 cm³/mol. The first-order chi connectivity index (χ1) is 10.3. The zero-order chi connectivity index (χ0) is 16.1. The lowest BCUT2D eigenvalue weighted by Gasteiger charge is -2.38. The Morgan fingerprint density at radius 2 is 2.14 bits per heavy atom. The molecule has 2 aromatic rings. The van der Waals surface area contributed by atoms with Gasteiger partial charge in [-0.15, -0.1) is 0 Å². The van der Waals surface area contributed by atoms with Gasteiger partial charge < -0.3 is 20.8 Å². The number of rotatable bonds is 2. The normalized spacial score (nSPS) is 16.7. The van der Waals surface area contributed by atoms with E-state index in [0.717, 1.165) is 29.2 Å². The highest BCUT2D eigenvalue weighted by Gasteiger charge is 2.37. The van der Waals surface area contributed by atoms with Crippen molar-refractivity contribution in [2.45, 2.75) is 39.3 Å². The number of anilines is 2. The number of hydrogen-bond donors (Lipinski definition) is 2. The number of benzene rings is 1. The number of nitrogens with zero attached hydrogens (tertiary/aromatic N) is 2. The molecule has 0 radical (unpaired) electrons. The van der Waals surface area contributed by atoms with Gasteiger partial charge in [-0.2, -0.15) is 0 Å². The highest BCUT2D eigenvalue weighted by molar-refractivity contribution is 6.31. The highest BCUT2D eigenvalue weighted by atomic mass is 35.5. The molecule has 3 rings (SSSR count). The maximum Gasteiger partial charge on any atom is 0.191 e. The van der Waals surface area contributed by atoms with Crippen molar-refractivity contribution in [1.82, 2.24) is 4.98 Å². The molecule has 1 aliphatic rings. The van der Waals surface area contributed by atoms with Crippen molar-refractivity contribution in [2.24, 2.45) is 5.73 Å². The fourth-order valence-corrected chi connectivity index (χ4v) is 3.43. The first kappa shape index (κ1) is 15.2. The third-order valence-electron chi connectivity index (χ3n) is 4.14. The molecular formula is C16H21ClN4O. The molecule has 0 amide bonds. The van der Waals surface area contributed by atoms with E-state index in [1.54, 1.807) is 6.07 Å². The molecule has 0 fully saturated rings. The minimum atomic E-state index is -0.117.